The highest BCUT2D eigenvalue weighted by Gasteiger charge is 2.56. The van der Waals surface area contributed by atoms with Gasteiger partial charge in [0.2, 0.25) is 0 Å². The number of carbonyl (C=O) groups is 1. The summed E-state index contributed by atoms with van der Waals surface area (Å²) in [5.41, 5.74) is -0.440. The average Bonchev–Trinajstić information content (AvgIpc) is 2.53. The maximum absolute atomic E-state index is 11.9. The summed E-state index contributed by atoms with van der Waals surface area (Å²) in [6.45, 7) is 8.17. The molecule has 2 aliphatic heterocycles. The molecule has 3 rings (SSSR count). The molecule has 0 aromatic heterocycles. The average molecular weight is 227 g/mol. The van der Waals surface area contributed by atoms with Crippen molar-refractivity contribution in [3.63, 3.8) is 0 Å². The maximum Gasteiger partial charge on any atom is 0.410 e. The number of carbonyl (C=O) groups excluding carboxylic acids is 1. The Morgan fingerprint density at radius 3 is 2.56 bits per heavy atom. The van der Waals surface area contributed by atoms with Crippen molar-refractivity contribution in [2.24, 2.45) is 11.8 Å². The number of amides is 1. The van der Waals surface area contributed by atoms with Gasteiger partial charge < -0.3 is 14.7 Å². The van der Waals surface area contributed by atoms with Crippen LogP contribution < -0.4 is 0 Å². The lowest BCUT2D eigenvalue weighted by molar-refractivity contribution is 0.000963. The van der Waals surface area contributed by atoms with Crippen molar-refractivity contribution in [3.05, 3.63) is 0 Å². The van der Waals surface area contributed by atoms with E-state index in [0.717, 1.165) is 13.0 Å². The lowest BCUT2D eigenvalue weighted by Crippen LogP contribution is -2.47. The van der Waals surface area contributed by atoms with Crippen LogP contribution >= 0.6 is 0 Å². The molecular weight excluding hydrogens is 206 g/mol. The number of nitrogens with zero attached hydrogens (tertiary/aromatic N) is 1. The summed E-state index contributed by atoms with van der Waals surface area (Å²) in [4.78, 5) is 13.7. The molecule has 3 aliphatic rings. The van der Waals surface area contributed by atoms with Gasteiger partial charge in [-0.2, -0.15) is 0 Å². The minimum absolute atomic E-state index is 0.194. The number of hydrogen-bond acceptors (Lipinski definition) is 3. The van der Waals surface area contributed by atoms with Crippen LogP contribution in [-0.2, 0) is 4.74 Å². The van der Waals surface area contributed by atoms with Crippen molar-refractivity contribution in [2.75, 3.05) is 6.54 Å². The van der Waals surface area contributed by atoms with Crippen LogP contribution in [0.25, 0.3) is 0 Å². The number of hydrogen-bond donors (Lipinski definition) is 1. The van der Waals surface area contributed by atoms with E-state index in [2.05, 4.69) is 0 Å². The van der Waals surface area contributed by atoms with Crippen LogP contribution in [0.15, 0.2) is 0 Å². The normalized spacial score (nSPS) is 34.6. The quantitative estimate of drug-likeness (QED) is 0.740. The van der Waals surface area contributed by atoms with Gasteiger partial charge in [-0.1, -0.05) is 0 Å². The maximum atomic E-state index is 11.9. The molecule has 4 atom stereocenters. The zero-order chi connectivity index (χ0) is 12.1. The molecule has 16 heavy (non-hydrogen) atoms. The largest absolute Gasteiger partial charge is 0.444 e. The molecule has 92 valence electrons. The zero-order valence-electron chi connectivity index (χ0n) is 10.4. The van der Waals surface area contributed by atoms with Crippen LogP contribution in [0.1, 0.15) is 34.1 Å². The van der Waals surface area contributed by atoms with Gasteiger partial charge >= 0.3 is 6.09 Å². The number of rotatable bonds is 1. The SMILES string of the molecule is CC(O)C1C2CC1N(C(=O)OC(C)(C)C)C2. The van der Waals surface area contributed by atoms with E-state index in [1.807, 2.05) is 27.7 Å². The fourth-order valence-corrected chi connectivity index (χ4v) is 2.91. The van der Waals surface area contributed by atoms with Gasteiger partial charge in [-0.25, -0.2) is 4.79 Å². The van der Waals surface area contributed by atoms with E-state index in [0.29, 0.717) is 5.92 Å². The molecule has 1 saturated carbocycles. The molecule has 2 bridgehead atoms. The highest BCUT2D eigenvalue weighted by atomic mass is 16.6. The zero-order valence-corrected chi connectivity index (χ0v) is 10.4. The van der Waals surface area contributed by atoms with Crippen molar-refractivity contribution in [1.82, 2.24) is 4.90 Å². The minimum atomic E-state index is -0.440. The fraction of sp³-hybridized carbons (Fsp3) is 0.917. The van der Waals surface area contributed by atoms with E-state index in [1.54, 1.807) is 4.90 Å². The van der Waals surface area contributed by atoms with Crippen molar-refractivity contribution >= 4 is 6.09 Å². The van der Waals surface area contributed by atoms with Crippen molar-refractivity contribution in [1.29, 1.82) is 0 Å². The Morgan fingerprint density at radius 1 is 1.50 bits per heavy atom. The molecule has 1 amide bonds. The second-order valence-corrected chi connectivity index (χ2v) is 6.01. The van der Waals surface area contributed by atoms with E-state index in [1.165, 1.54) is 0 Å². The van der Waals surface area contributed by atoms with Gasteiger partial charge in [-0.15, -0.1) is 0 Å². The van der Waals surface area contributed by atoms with Crippen LogP contribution in [0.5, 0.6) is 0 Å². The first-order chi connectivity index (χ1) is 7.29. The highest BCUT2D eigenvalue weighted by molar-refractivity contribution is 5.69. The number of ether oxygens (including phenoxy) is 1. The summed E-state index contributed by atoms with van der Waals surface area (Å²) in [5.74, 6) is 0.727. The highest BCUT2D eigenvalue weighted by Crippen LogP contribution is 2.48. The number of aliphatic hydroxyl groups is 1. The van der Waals surface area contributed by atoms with E-state index < -0.39 is 5.60 Å². The van der Waals surface area contributed by atoms with Gasteiger partial charge in [0.05, 0.1) is 6.10 Å². The molecule has 2 saturated heterocycles. The molecule has 2 heterocycles. The van der Waals surface area contributed by atoms with E-state index >= 15 is 0 Å². The molecule has 1 N–H and O–H groups in total. The van der Waals surface area contributed by atoms with Crippen LogP contribution in [-0.4, -0.2) is 40.4 Å². The second-order valence-electron chi connectivity index (χ2n) is 6.01. The van der Waals surface area contributed by atoms with E-state index in [-0.39, 0.29) is 24.2 Å². The molecule has 3 fully saturated rings. The summed E-state index contributed by atoms with van der Waals surface area (Å²) in [6.07, 6.45) is 0.466. The number of fused-ring (bicyclic) bond motifs is 1. The predicted molar refractivity (Wildman–Crippen MR) is 60.0 cm³/mol. The Morgan fingerprint density at radius 2 is 2.12 bits per heavy atom. The first-order valence-electron chi connectivity index (χ1n) is 5.97. The summed E-state index contributed by atoms with van der Waals surface area (Å²) < 4.78 is 5.35. The predicted octanol–water partition coefficient (Wildman–Crippen LogP) is 1.62. The van der Waals surface area contributed by atoms with Crippen LogP contribution in [0.2, 0.25) is 0 Å². The van der Waals surface area contributed by atoms with Gasteiger partial charge in [0.25, 0.3) is 0 Å². The molecule has 4 nitrogen and oxygen atoms in total. The Bertz CT molecular complexity index is 295. The Balaban J connectivity index is 1.96. The molecule has 4 unspecified atom stereocenters. The molecule has 4 heteroatoms. The molecule has 0 radical (unpaired) electrons. The monoisotopic (exact) mass is 227 g/mol. The van der Waals surface area contributed by atoms with Crippen LogP contribution in [0.3, 0.4) is 0 Å². The summed E-state index contributed by atoms with van der Waals surface area (Å²) >= 11 is 0. The van der Waals surface area contributed by atoms with Gasteiger partial charge in [-0.05, 0) is 40.0 Å². The fourth-order valence-electron chi connectivity index (χ4n) is 2.91. The molecule has 1 aliphatic carbocycles. The third kappa shape index (κ3) is 1.90. The standard InChI is InChI=1S/C12H21NO3/c1-7(14)10-8-5-9(10)13(6-8)11(15)16-12(2,3)4/h7-10,14H,5-6H2,1-4H3. The Hall–Kier alpha value is -0.770. The Labute approximate surface area is 96.6 Å². The van der Waals surface area contributed by atoms with Gasteiger partial charge in [0, 0.05) is 18.5 Å². The van der Waals surface area contributed by atoms with E-state index in [4.69, 9.17) is 4.74 Å². The lowest BCUT2D eigenvalue weighted by Gasteiger charge is -2.38. The smallest absolute Gasteiger partial charge is 0.410 e. The summed E-state index contributed by atoms with van der Waals surface area (Å²) in [6, 6.07) is 0.194. The first-order valence-corrected chi connectivity index (χ1v) is 5.97. The topological polar surface area (TPSA) is 49.8 Å². The summed E-state index contributed by atoms with van der Waals surface area (Å²) in [5, 5.41) is 9.61. The van der Waals surface area contributed by atoms with Crippen molar-refractivity contribution in [3.8, 4) is 0 Å². The Kier molecular flexibility index (Phi) is 2.65. The third-order valence-corrected chi connectivity index (χ3v) is 3.55. The molecule has 0 aromatic rings. The molecular formula is C12H21NO3. The van der Waals surface area contributed by atoms with Gasteiger partial charge in [0.15, 0.2) is 0 Å². The molecule has 0 aromatic carbocycles. The van der Waals surface area contributed by atoms with Crippen molar-refractivity contribution < 1.29 is 14.6 Å². The first kappa shape index (κ1) is 11.7. The van der Waals surface area contributed by atoms with Gasteiger partial charge in [-0.3, -0.25) is 0 Å². The van der Waals surface area contributed by atoms with Crippen LogP contribution in [0.4, 0.5) is 4.79 Å². The summed E-state index contributed by atoms with van der Waals surface area (Å²) in [7, 11) is 0. The minimum Gasteiger partial charge on any atom is -0.444 e. The molecule has 0 spiro atoms. The van der Waals surface area contributed by atoms with Crippen LogP contribution in [0, 0.1) is 11.8 Å². The lowest BCUT2D eigenvalue weighted by atomic mass is 9.71. The van der Waals surface area contributed by atoms with E-state index in [9.17, 15) is 9.90 Å². The third-order valence-electron chi connectivity index (χ3n) is 3.55. The van der Waals surface area contributed by atoms with Gasteiger partial charge in [0.1, 0.15) is 5.60 Å². The van der Waals surface area contributed by atoms with Crippen molar-refractivity contribution in [2.45, 2.75) is 51.9 Å². The number of aliphatic hydroxyl groups excluding tert-OH is 1. The second kappa shape index (κ2) is 3.62.